The van der Waals surface area contributed by atoms with Gasteiger partial charge in [0.2, 0.25) is 0 Å². The van der Waals surface area contributed by atoms with E-state index in [0.717, 1.165) is 22.1 Å². The number of fused-ring (bicyclic) bond motifs is 4. The first-order valence-corrected chi connectivity index (χ1v) is 7.16. The van der Waals surface area contributed by atoms with E-state index in [1.807, 2.05) is 25.1 Å². The van der Waals surface area contributed by atoms with Crippen molar-refractivity contribution in [1.29, 1.82) is 0 Å². The fraction of sp³-hybridized carbons (Fsp3) is 0.158. The standard InChI is InChI=1S/C19H16O2/c1-11-14-8-6-12-4-2-3-5-15(12)16(14)10-13-7-9-17(20)19(21)18(11)13/h2-10,17,19-21H,1H3. The minimum Gasteiger partial charge on any atom is -0.386 e. The van der Waals surface area contributed by atoms with E-state index in [0.29, 0.717) is 0 Å². The van der Waals surface area contributed by atoms with Gasteiger partial charge in [-0.1, -0.05) is 48.6 Å². The number of rotatable bonds is 0. The minimum absolute atomic E-state index is 0.825. The summed E-state index contributed by atoms with van der Waals surface area (Å²) in [4.78, 5) is 0. The molecule has 2 atom stereocenters. The largest absolute Gasteiger partial charge is 0.386 e. The summed E-state index contributed by atoms with van der Waals surface area (Å²) in [5, 5.41) is 24.9. The quantitative estimate of drug-likeness (QED) is 0.614. The normalized spacial score (nSPS) is 20.9. The van der Waals surface area contributed by atoms with Gasteiger partial charge in [0, 0.05) is 0 Å². The van der Waals surface area contributed by atoms with Crippen molar-refractivity contribution >= 4 is 27.6 Å². The molecule has 104 valence electrons. The van der Waals surface area contributed by atoms with Gasteiger partial charge in [0.1, 0.15) is 12.2 Å². The van der Waals surface area contributed by atoms with Crippen molar-refractivity contribution in [3.05, 3.63) is 65.2 Å². The van der Waals surface area contributed by atoms with Crippen LogP contribution in [0.2, 0.25) is 0 Å². The van der Waals surface area contributed by atoms with E-state index in [2.05, 4.69) is 30.3 Å². The van der Waals surface area contributed by atoms with Crippen LogP contribution in [-0.4, -0.2) is 16.3 Å². The summed E-state index contributed by atoms with van der Waals surface area (Å²) in [6, 6.07) is 14.7. The minimum atomic E-state index is -0.846. The lowest BCUT2D eigenvalue weighted by atomic mass is 9.85. The zero-order chi connectivity index (χ0) is 14.6. The molecular weight excluding hydrogens is 260 g/mol. The smallest absolute Gasteiger partial charge is 0.109 e. The first-order chi connectivity index (χ1) is 10.2. The Morgan fingerprint density at radius 2 is 1.71 bits per heavy atom. The van der Waals surface area contributed by atoms with Crippen molar-refractivity contribution in [2.24, 2.45) is 0 Å². The molecule has 1 aliphatic rings. The van der Waals surface area contributed by atoms with Crippen LogP contribution in [-0.2, 0) is 0 Å². The van der Waals surface area contributed by atoms with E-state index in [1.165, 1.54) is 16.2 Å². The second kappa shape index (κ2) is 4.42. The molecule has 3 aromatic rings. The topological polar surface area (TPSA) is 40.5 Å². The number of hydrogen-bond acceptors (Lipinski definition) is 2. The van der Waals surface area contributed by atoms with Crippen molar-refractivity contribution < 1.29 is 10.2 Å². The Morgan fingerprint density at radius 3 is 2.57 bits per heavy atom. The predicted molar refractivity (Wildman–Crippen MR) is 86.2 cm³/mol. The van der Waals surface area contributed by atoms with Crippen LogP contribution in [0.3, 0.4) is 0 Å². The highest BCUT2D eigenvalue weighted by molar-refractivity contribution is 6.09. The van der Waals surface area contributed by atoms with E-state index in [1.54, 1.807) is 6.08 Å². The van der Waals surface area contributed by atoms with Crippen LogP contribution in [0, 0.1) is 6.92 Å². The van der Waals surface area contributed by atoms with Gasteiger partial charge in [-0.05, 0) is 51.2 Å². The Labute approximate surface area is 123 Å². The summed E-state index contributed by atoms with van der Waals surface area (Å²) in [5.41, 5.74) is 2.88. The van der Waals surface area contributed by atoms with Crippen molar-refractivity contribution in [3.8, 4) is 0 Å². The molecule has 21 heavy (non-hydrogen) atoms. The number of hydrogen-bond donors (Lipinski definition) is 2. The molecule has 0 aromatic heterocycles. The number of benzene rings is 3. The SMILES string of the molecule is Cc1c2c(cc3c1ccc1ccccc13)C=CC(O)C2O. The maximum atomic E-state index is 10.3. The second-order valence-electron chi connectivity index (χ2n) is 5.68. The van der Waals surface area contributed by atoms with Crippen LogP contribution in [0.4, 0.5) is 0 Å². The van der Waals surface area contributed by atoms with Crippen molar-refractivity contribution in [3.63, 3.8) is 0 Å². The van der Waals surface area contributed by atoms with Crippen molar-refractivity contribution in [1.82, 2.24) is 0 Å². The zero-order valence-corrected chi connectivity index (χ0v) is 11.7. The molecule has 3 aromatic carbocycles. The summed E-state index contributed by atoms with van der Waals surface area (Å²) in [7, 11) is 0. The number of aryl methyl sites for hydroxylation is 1. The molecule has 0 spiro atoms. The third kappa shape index (κ3) is 1.73. The van der Waals surface area contributed by atoms with Gasteiger partial charge in [0.15, 0.2) is 0 Å². The highest BCUT2D eigenvalue weighted by Crippen LogP contribution is 2.37. The molecule has 4 rings (SSSR count). The van der Waals surface area contributed by atoms with E-state index < -0.39 is 12.2 Å². The summed E-state index contributed by atoms with van der Waals surface area (Å²) < 4.78 is 0. The fourth-order valence-corrected chi connectivity index (χ4v) is 3.38. The molecule has 0 saturated carbocycles. The Balaban J connectivity index is 2.16. The van der Waals surface area contributed by atoms with Gasteiger partial charge in [0.05, 0.1) is 0 Å². The Hall–Kier alpha value is -2.16. The van der Waals surface area contributed by atoms with Crippen LogP contribution in [0.5, 0.6) is 0 Å². The third-order valence-corrected chi connectivity index (χ3v) is 4.48. The van der Waals surface area contributed by atoms with Gasteiger partial charge >= 0.3 is 0 Å². The average molecular weight is 276 g/mol. The fourth-order valence-electron chi connectivity index (χ4n) is 3.38. The van der Waals surface area contributed by atoms with Crippen molar-refractivity contribution in [2.75, 3.05) is 0 Å². The zero-order valence-electron chi connectivity index (χ0n) is 11.7. The molecule has 0 aliphatic heterocycles. The lowest BCUT2D eigenvalue weighted by molar-refractivity contribution is 0.0467. The van der Waals surface area contributed by atoms with Gasteiger partial charge in [-0.2, -0.15) is 0 Å². The number of aliphatic hydroxyl groups excluding tert-OH is 2. The van der Waals surface area contributed by atoms with Gasteiger partial charge in [-0.15, -0.1) is 0 Å². The highest BCUT2D eigenvalue weighted by atomic mass is 16.3. The summed E-state index contributed by atoms with van der Waals surface area (Å²) >= 11 is 0. The molecule has 0 radical (unpaired) electrons. The molecule has 0 heterocycles. The van der Waals surface area contributed by atoms with Crippen LogP contribution in [0.1, 0.15) is 22.8 Å². The lowest BCUT2D eigenvalue weighted by Gasteiger charge is -2.25. The third-order valence-electron chi connectivity index (χ3n) is 4.48. The van der Waals surface area contributed by atoms with Crippen LogP contribution in [0.25, 0.3) is 27.6 Å². The van der Waals surface area contributed by atoms with E-state index in [9.17, 15) is 10.2 Å². The van der Waals surface area contributed by atoms with Crippen molar-refractivity contribution in [2.45, 2.75) is 19.1 Å². The van der Waals surface area contributed by atoms with Crippen LogP contribution in [0.15, 0.2) is 48.5 Å². The van der Waals surface area contributed by atoms with Gasteiger partial charge in [-0.25, -0.2) is 0 Å². The van der Waals surface area contributed by atoms with Gasteiger partial charge in [0.25, 0.3) is 0 Å². The van der Waals surface area contributed by atoms with E-state index in [-0.39, 0.29) is 0 Å². The van der Waals surface area contributed by atoms with Crippen LogP contribution < -0.4 is 0 Å². The highest BCUT2D eigenvalue weighted by Gasteiger charge is 2.25. The maximum Gasteiger partial charge on any atom is 0.109 e. The molecule has 0 fully saturated rings. The van der Waals surface area contributed by atoms with Crippen LogP contribution >= 0.6 is 0 Å². The van der Waals surface area contributed by atoms with E-state index >= 15 is 0 Å². The Kier molecular flexibility index (Phi) is 2.64. The summed E-state index contributed by atoms with van der Waals surface area (Å²) in [6.07, 6.45) is 1.89. The first-order valence-electron chi connectivity index (χ1n) is 7.16. The lowest BCUT2D eigenvalue weighted by Crippen LogP contribution is -2.20. The molecule has 0 amide bonds. The summed E-state index contributed by atoms with van der Waals surface area (Å²) in [5.74, 6) is 0. The molecule has 0 bridgehead atoms. The number of aliphatic hydroxyl groups is 2. The van der Waals surface area contributed by atoms with E-state index in [4.69, 9.17) is 0 Å². The molecule has 2 heteroatoms. The predicted octanol–water partition coefficient (Wildman–Crippen LogP) is 3.72. The molecule has 2 N–H and O–H groups in total. The van der Waals surface area contributed by atoms with Gasteiger partial charge < -0.3 is 10.2 Å². The molecule has 1 aliphatic carbocycles. The monoisotopic (exact) mass is 276 g/mol. The summed E-state index contributed by atoms with van der Waals surface area (Å²) in [6.45, 7) is 2.02. The maximum absolute atomic E-state index is 10.3. The Morgan fingerprint density at radius 1 is 0.905 bits per heavy atom. The molecule has 2 nitrogen and oxygen atoms in total. The Bertz CT molecular complexity index is 893. The first kappa shape index (κ1) is 12.6. The average Bonchev–Trinajstić information content (AvgIpc) is 2.51. The van der Waals surface area contributed by atoms with Gasteiger partial charge in [-0.3, -0.25) is 0 Å². The molecular formula is C19H16O2. The second-order valence-corrected chi connectivity index (χ2v) is 5.68. The molecule has 0 saturated heterocycles. The molecule has 2 unspecified atom stereocenters.